The van der Waals surface area contributed by atoms with Gasteiger partial charge in [-0.1, -0.05) is 12.6 Å². The summed E-state index contributed by atoms with van der Waals surface area (Å²) in [6, 6.07) is 11.7. The van der Waals surface area contributed by atoms with Crippen LogP contribution >= 0.6 is 11.8 Å². The van der Waals surface area contributed by atoms with Crippen LogP contribution in [-0.2, 0) is 21.2 Å². The van der Waals surface area contributed by atoms with E-state index >= 15 is 0 Å². The molecule has 190 valence electrons. The number of carbonyl (C=O) groups excluding carboxylic acids is 2. The summed E-state index contributed by atoms with van der Waals surface area (Å²) in [5.74, 6) is 1.13. The van der Waals surface area contributed by atoms with E-state index in [9.17, 15) is 18.0 Å². The third-order valence-corrected chi connectivity index (χ3v) is 9.95. The molecule has 5 rings (SSSR count). The number of ether oxygens (including phenoxy) is 2. The number of amides is 2. The van der Waals surface area contributed by atoms with E-state index in [1.54, 1.807) is 11.8 Å². The van der Waals surface area contributed by atoms with Crippen LogP contribution in [0.3, 0.4) is 0 Å². The summed E-state index contributed by atoms with van der Waals surface area (Å²) in [6.07, 6.45) is 2.60. The molecule has 36 heavy (non-hydrogen) atoms. The molecule has 3 aliphatic rings. The standard InChI is InChI=1S/C25H27N3O6S2/c1-2-23(29)27-24-12-18-13-28(14-22(18)35-24)36(31,32)19-6-4-17(5-7-19)25(30)26-10-9-16-3-8-20-21(11-16)34-15-33-20/h2-8,11,18,22,24H,1,9-10,12-15H2,(H,26,30)(H,27,29). The molecular weight excluding hydrogens is 502 g/mol. The van der Waals surface area contributed by atoms with Crippen LogP contribution in [0.1, 0.15) is 22.3 Å². The van der Waals surface area contributed by atoms with Crippen molar-refractivity contribution in [3.8, 4) is 11.5 Å². The molecule has 0 aliphatic carbocycles. The maximum absolute atomic E-state index is 13.2. The van der Waals surface area contributed by atoms with Gasteiger partial charge in [0.2, 0.25) is 22.7 Å². The van der Waals surface area contributed by atoms with Crippen molar-refractivity contribution >= 4 is 33.6 Å². The quantitative estimate of drug-likeness (QED) is 0.504. The molecule has 11 heteroatoms. The minimum absolute atomic E-state index is 0.0156. The Morgan fingerprint density at radius 3 is 2.64 bits per heavy atom. The number of fused-ring (bicyclic) bond motifs is 2. The van der Waals surface area contributed by atoms with Crippen molar-refractivity contribution in [2.24, 2.45) is 5.92 Å². The number of rotatable bonds is 8. The van der Waals surface area contributed by atoms with Gasteiger partial charge in [0.15, 0.2) is 11.5 Å². The van der Waals surface area contributed by atoms with Gasteiger partial charge in [0.05, 0.1) is 10.3 Å². The van der Waals surface area contributed by atoms with E-state index in [1.807, 2.05) is 18.2 Å². The second-order valence-electron chi connectivity index (χ2n) is 8.91. The van der Waals surface area contributed by atoms with Gasteiger partial charge >= 0.3 is 0 Å². The minimum atomic E-state index is -3.66. The summed E-state index contributed by atoms with van der Waals surface area (Å²) in [5, 5.41) is 5.88. The third-order valence-electron chi connectivity index (χ3n) is 6.58. The molecule has 9 nitrogen and oxygen atoms in total. The Bertz CT molecular complexity index is 1270. The van der Waals surface area contributed by atoms with Gasteiger partial charge < -0.3 is 20.1 Å². The van der Waals surface area contributed by atoms with E-state index < -0.39 is 10.0 Å². The van der Waals surface area contributed by atoms with Crippen LogP contribution in [-0.4, -0.2) is 61.6 Å². The molecule has 0 radical (unpaired) electrons. The van der Waals surface area contributed by atoms with Gasteiger partial charge in [0, 0.05) is 30.4 Å². The fourth-order valence-corrected chi connectivity index (χ4v) is 7.95. The number of nitrogens with one attached hydrogen (secondary N) is 2. The van der Waals surface area contributed by atoms with Crippen molar-refractivity contribution in [3.63, 3.8) is 0 Å². The first-order chi connectivity index (χ1) is 17.3. The minimum Gasteiger partial charge on any atom is -0.454 e. The molecule has 0 spiro atoms. The predicted molar refractivity (Wildman–Crippen MR) is 135 cm³/mol. The van der Waals surface area contributed by atoms with Crippen molar-refractivity contribution < 1.29 is 27.5 Å². The second kappa shape index (κ2) is 10.2. The zero-order valence-corrected chi connectivity index (χ0v) is 21.1. The summed E-state index contributed by atoms with van der Waals surface area (Å²) in [4.78, 5) is 24.3. The second-order valence-corrected chi connectivity index (χ2v) is 12.3. The van der Waals surface area contributed by atoms with Gasteiger partial charge in [-0.25, -0.2) is 8.42 Å². The van der Waals surface area contributed by atoms with E-state index in [0.29, 0.717) is 37.4 Å². The van der Waals surface area contributed by atoms with Gasteiger partial charge in [0.1, 0.15) is 0 Å². The monoisotopic (exact) mass is 529 g/mol. The molecule has 3 unspecified atom stereocenters. The van der Waals surface area contributed by atoms with Crippen LogP contribution in [0.5, 0.6) is 11.5 Å². The first-order valence-electron chi connectivity index (χ1n) is 11.7. The smallest absolute Gasteiger partial charge is 0.251 e. The van der Waals surface area contributed by atoms with Gasteiger partial charge in [0.25, 0.3) is 5.91 Å². The maximum atomic E-state index is 13.2. The molecule has 2 N–H and O–H groups in total. The molecule has 2 saturated heterocycles. The van der Waals surface area contributed by atoms with Gasteiger partial charge in [-0.3, -0.25) is 9.59 Å². The Labute approximate surface area is 214 Å². The van der Waals surface area contributed by atoms with Crippen LogP contribution in [0.15, 0.2) is 60.0 Å². The Balaban J connectivity index is 1.13. The van der Waals surface area contributed by atoms with E-state index in [4.69, 9.17) is 9.47 Å². The summed E-state index contributed by atoms with van der Waals surface area (Å²) in [6.45, 7) is 4.94. The zero-order valence-electron chi connectivity index (χ0n) is 19.5. The highest BCUT2D eigenvalue weighted by Gasteiger charge is 2.45. The lowest BCUT2D eigenvalue weighted by Crippen LogP contribution is -2.33. The average Bonchev–Trinajstić information content (AvgIpc) is 3.59. The largest absolute Gasteiger partial charge is 0.454 e. The fourth-order valence-electron chi connectivity index (χ4n) is 4.68. The molecule has 0 saturated carbocycles. The maximum Gasteiger partial charge on any atom is 0.251 e. The van der Waals surface area contributed by atoms with Crippen LogP contribution in [0.4, 0.5) is 0 Å². The Morgan fingerprint density at radius 1 is 1.11 bits per heavy atom. The lowest BCUT2D eigenvalue weighted by atomic mass is 10.1. The average molecular weight is 530 g/mol. The first kappa shape index (κ1) is 24.7. The molecule has 3 aliphatic heterocycles. The number of thioether (sulfide) groups is 1. The summed E-state index contributed by atoms with van der Waals surface area (Å²) >= 11 is 1.61. The molecule has 2 fully saturated rings. The number of sulfonamides is 1. The Morgan fingerprint density at radius 2 is 1.89 bits per heavy atom. The van der Waals surface area contributed by atoms with Crippen molar-refractivity contribution in [1.82, 2.24) is 14.9 Å². The fraction of sp³-hybridized carbons (Fsp3) is 0.360. The number of carbonyl (C=O) groups is 2. The van der Waals surface area contributed by atoms with Crippen molar-refractivity contribution in [2.75, 3.05) is 26.4 Å². The van der Waals surface area contributed by atoms with E-state index in [2.05, 4.69) is 17.2 Å². The Kier molecular flexibility index (Phi) is 6.96. The van der Waals surface area contributed by atoms with Crippen molar-refractivity contribution in [3.05, 3.63) is 66.2 Å². The summed E-state index contributed by atoms with van der Waals surface area (Å²) < 4.78 is 38.5. The molecule has 3 atom stereocenters. The normalized spacial score (nSPS) is 22.7. The highest BCUT2D eigenvalue weighted by molar-refractivity contribution is 8.00. The highest BCUT2D eigenvalue weighted by atomic mass is 32.2. The van der Waals surface area contributed by atoms with Gasteiger partial charge in [-0.15, -0.1) is 11.8 Å². The third kappa shape index (κ3) is 5.09. The van der Waals surface area contributed by atoms with Crippen LogP contribution in [0.25, 0.3) is 0 Å². The molecule has 2 aromatic rings. The van der Waals surface area contributed by atoms with E-state index in [0.717, 1.165) is 17.7 Å². The van der Waals surface area contributed by atoms with Crippen LogP contribution in [0.2, 0.25) is 0 Å². The van der Waals surface area contributed by atoms with Crippen molar-refractivity contribution in [1.29, 1.82) is 0 Å². The number of hydrogen-bond donors (Lipinski definition) is 2. The predicted octanol–water partition coefficient (Wildman–Crippen LogP) is 2.14. The van der Waals surface area contributed by atoms with Crippen LogP contribution in [0, 0.1) is 5.92 Å². The molecule has 2 aromatic carbocycles. The molecular formula is C25H27N3O6S2. The molecule has 3 heterocycles. The van der Waals surface area contributed by atoms with E-state index in [-0.39, 0.29) is 40.0 Å². The lowest BCUT2D eigenvalue weighted by molar-refractivity contribution is -0.116. The molecule has 2 amide bonds. The number of hydrogen-bond acceptors (Lipinski definition) is 7. The summed E-state index contributed by atoms with van der Waals surface area (Å²) in [5.41, 5.74) is 1.42. The lowest BCUT2D eigenvalue weighted by Gasteiger charge is -2.19. The van der Waals surface area contributed by atoms with Crippen molar-refractivity contribution in [2.45, 2.75) is 28.4 Å². The van der Waals surface area contributed by atoms with Gasteiger partial charge in [-0.05, 0) is 66.8 Å². The molecule has 0 aromatic heterocycles. The Hall–Kier alpha value is -3.02. The zero-order chi connectivity index (χ0) is 25.3. The SMILES string of the molecule is C=CC(=O)NC1CC2CN(S(=O)(=O)c3ccc(C(=O)NCCc4ccc5c(c4)OCO5)cc3)CC2S1. The summed E-state index contributed by atoms with van der Waals surface area (Å²) in [7, 11) is -3.66. The number of benzene rings is 2. The molecule has 0 bridgehead atoms. The van der Waals surface area contributed by atoms with Gasteiger partial charge in [-0.2, -0.15) is 4.31 Å². The van der Waals surface area contributed by atoms with E-state index in [1.165, 1.54) is 34.6 Å². The highest BCUT2D eigenvalue weighted by Crippen LogP contribution is 2.43. The first-order valence-corrected chi connectivity index (χ1v) is 14.1. The number of nitrogens with zero attached hydrogens (tertiary/aromatic N) is 1. The van der Waals surface area contributed by atoms with Crippen LogP contribution < -0.4 is 20.1 Å². The topological polar surface area (TPSA) is 114 Å².